The molecule has 0 saturated carbocycles. The topological polar surface area (TPSA) is 0 Å². The Morgan fingerprint density at radius 1 is 0.420 bits per heavy atom. The molecular weight excluding hydrogens is 621 g/mol. The molecule has 0 spiro atoms. The van der Waals surface area contributed by atoms with Gasteiger partial charge >= 0.3 is 0 Å². The summed E-state index contributed by atoms with van der Waals surface area (Å²) in [7, 11) is 0. The van der Waals surface area contributed by atoms with Gasteiger partial charge in [0.1, 0.15) is 0 Å². The predicted molar refractivity (Wildman–Crippen MR) is 218 cm³/mol. The van der Waals surface area contributed by atoms with Crippen LogP contribution in [0.5, 0.6) is 0 Å². The summed E-state index contributed by atoms with van der Waals surface area (Å²) in [6.45, 7) is 4.87. The van der Waals surface area contributed by atoms with E-state index in [9.17, 15) is 0 Å². The highest BCUT2D eigenvalue weighted by Gasteiger charge is 2.39. The first-order chi connectivity index (χ1) is 24.6. The van der Waals surface area contributed by atoms with Crippen LogP contribution >= 0.6 is 11.3 Å². The molecule has 1 heterocycles. The van der Waals surface area contributed by atoms with Crippen molar-refractivity contribution in [1.82, 2.24) is 0 Å². The van der Waals surface area contributed by atoms with Gasteiger partial charge in [0.25, 0.3) is 0 Å². The number of hydrogen-bond acceptors (Lipinski definition) is 1. The van der Waals surface area contributed by atoms with Gasteiger partial charge in [0.05, 0.1) is 0 Å². The summed E-state index contributed by atoms with van der Waals surface area (Å²) in [5, 5.41) is 13.1. The second kappa shape index (κ2) is 10.1. The Hall–Kier alpha value is -5.76. The molecule has 1 aliphatic carbocycles. The highest BCUT2D eigenvalue weighted by Crippen LogP contribution is 2.58. The van der Waals surface area contributed by atoms with Crippen molar-refractivity contribution in [2.75, 3.05) is 0 Å². The van der Waals surface area contributed by atoms with Crippen molar-refractivity contribution in [1.29, 1.82) is 0 Å². The highest BCUT2D eigenvalue weighted by atomic mass is 32.1. The van der Waals surface area contributed by atoms with E-state index in [2.05, 4.69) is 172 Å². The zero-order valence-corrected chi connectivity index (χ0v) is 28.7. The molecule has 0 aliphatic heterocycles. The Labute approximate surface area is 294 Å². The minimum Gasteiger partial charge on any atom is -0.134 e. The van der Waals surface area contributed by atoms with E-state index in [1.54, 1.807) is 0 Å². The third-order valence-corrected chi connectivity index (χ3v) is 12.6. The molecule has 0 atom stereocenters. The molecule has 50 heavy (non-hydrogen) atoms. The van der Waals surface area contributed by atoms with E-state index in [1.165, 1.54) is 108 Å². The molecule has 234 valence electrons. The maximum absolute atomic E-state index is 2.58. The molecule has 1 aliphatic rings. The van der Waals surface area contributed by atoms with Crippen molar-refractivity contribution in [2.24, 2.45) is 0 Å². The molecule has 0 unspecified atom stereocenters. The molecule has 11 rings (SSSR count). The maximum Gasteiger partial charge on any atom is 0.0443 e. The lowest BCUT2D eigenvalue weighted by Gasteiger charge is -2.25. The summed E-state index contributed by atoms with van der Waals surface area (Å²) in [6.07, 6.45) is 0. The summed E-state index contributed by atoms with van der Waals surface area (Å²) in [5.74, 6) is 0. The first-order valence-electron chi connectivity index (χ1n) is 17.5. The number of benzene rings is 9. The zero-order valence-electron chi connectivity index (χ0n) is 27.9. The standard InChI is InChI=1S/C49H32S/c1-49(2)41-28-40(45-38-21-11-12-22-42(38)50-48(45)46(41)39-26-25-30-14-5-6-16-33(30)47(39)49)44-36-19-9-7-17-34(36)43(35-18-8-10-20-37(35)44)32-24-23-29-13-3-4-15-31(29)27-32/h3-28H,1-2H3. The molecule has 0 radical (unpaired) electrons. The average molecular weight is 653 g/mol. The molecule has 1 aromatic heterocycles. The van der Waals surface area contributed by atoms with Crippen molar-refractivity contribution in [3.05, 3.63) is 169 Å². The molecule has 0 amide bonds. The SMILES string of the molecule is CC1(C)c2cc(-c3c4ccccc4c(-c4ccc5ccccc5c4)c4ccccc34)c3c(sc4ccccc43)c2-c2ccc3ccccc3c21. The van der Waals surface area contributed by atoms with Gasteiger partial charge < -0.3 is 0 Å². The summed E-state index contributed by atoms with van der Waals surface area (Å²) in [4.78, 5) is 0. The third kappa shape index (κ3) is 3.71. The fourth-order valence-corrected chi connectivity index (χ4v) is 10.5. The Morgan fingerprint density at radius 2 is 0.980 bits per heavy atom. The van der Waals surface area contributed by atoms with Crippen LogP contribution in [0.3, 0.4) is 0 Å². The van der Waals surface area contributed by atoms with Crippen LogP contribution in [0.15, 0.2) is 158 Å². The van der Waals surface area contributed by atoms with E-state index < -0.39 is 0 Å². The van der Waals surface area contributed by atoms with Crippen LogP contribution in [0, 0.1) is 0 Å². The first-order valence-corrected chi connectivity index (χ1v) is 18.3. The van der Waals surface area contributed by atoms with E-state index >= 15 is 0 Å². The smallest absolute Gasteiger partial charge is 0.0443 e. The van der Waals surface area contributed by atoms with Gasteiger partial charge in [-0.3, -0.25) is 0 Å². The second-order valence-electron chi connectivity index (χ2n) is 14.4. The molecule has 0 fully saturated rings. The zero-order chi connectivity index (χ0) is 33.1. The maximum atomic E-state index is 2.58. The lowest BCUT2D eigenvalue weighted by atomic mass is 9.78. The van der Waals surface area contributed by atoms with Crippen LogP contribution < -0.4 is 0 Å². The molecule has 0 bridgehead atoms. The monoisotopic (exact) mass is 652 g/mol. The first kappa shape index (κ1) is 28.1. The van der Waals surface area contributed by atoms with E-state index in [0.29, 0.717) is 0 Å². The Balaban J connectivity index is 1.31. The summed E-state index contributed by atoms with van der Waals surface area (Å²) < 4.78 is 2.73. The quantitative estimate of drug-likeness (QED) is 0.163. The van der Waals surface area contributed by atoms with E-state index in [4.69, 9.17) is 0 Å². The van der Waals surface area contributed by atoms with Crippen molar-refractivity contribution < 1.29 is 0 Å². The van der Waals surface area contributed by atoms with Crippen LogP contribution in [0.25, 0.3) is 96.6 Å². The molecule has 0 saturated heterocycles. The van der Waals surface area contributed by atoms with Crippen molar-refractivity contribution in [3.8, 4) is 33.4 Å². The average Bonchev–Trinajstić information content (AvgIpc) is 3.66. The fraction of sp³-hybridized carbons (Fsp3) is 0.0612. The van der Waals surface area contributed by atoms with Gasteiger partial charge in [0.2, 0.25) is 0 Å². The van der Waals surface area contributed by atoms with Crippen LogP contribution in [-0.4, -0.2) is 0 Å². The lowest BCUT2D eigenvalue weighted by molar-refractivity contribution is 0.667. The number of hydrogen-bond donors (Lipinski definition) is 0. The molecule has 0 N–H and O–H groups in total. The van der Waals surface area contributed by atoms with Crippen LogP contribution in [0.1, 0.15) is 25.0 Å². The van der Waals surface area contributed by atoms with Crippen LogP contribution in [0.4, 0.5) is 0 Å². The van der Waals surface area contributed by atoms with Crippen molar-refractivity contribution in [3.63, 3.8) is 0 Å². The number of fused-ring (bicyclic) bond motifs is 12. The van der Waals surface area contributed by atoms with Gasteiger partial charge in [-0.1, -0.05) is 153 Å². The summed E-state index contributed by atoms with van der Waals surface area (Å²) in [6, 6.07) is 59.1. The summed E-state index contributed by atoms with van der Waals surface area (Å²) >= 11 is 1.96. The van der Waals surface area contributed by atoms with Crippen molar-refractivity contribution >= 4 is 74.6 Å². The molecule has 10 aromatic rings. The minimum atomic E-state index is -0.165. The highest BCUT2D eigenvalue weighted by molar-refractivity contribution is 7.26. The number of thiophene rings is 1. The Kier molecular flexibility index (Phi) is 5.70. The normalized spacial score (nSPS) is 13.6. The van der Waals surface area contributed by atoms with Gasteiger partial charge in [-0.05, 0) is 100 Å². The van der Waals surface area contributed by atoms with Crippen molar-refractivity contribution in [2.45, 2.75) is 19.3 Å². The van der Waals surface area contributed by atoms with Gasteiger partial charge in [0, 0.05) is 31.2 Å². The Bertz CT molecular complexity index is 3010. The number of rotatable bonds is 2. The fourth-order valence-electron chi connectivity index (χ4n) is 9.22. The van der Waals surface area contributed by atoms with Crippen LogP contribution in [-0.2, 0) is 5.41 Å². The Morgan fingerprint density at radius 3 is 1.70 bits per heavy atom. The predicted octanol–water partition coefficient (Wildman–Crippen LogP) is 14.3. The van der Waals surface area contributed by atoms with Gasteiger partial charge in [0.15, 0.2) is 0 Å². The molecule has 1 heteroatoms. The molecule has 9 aromatic carbocycles. The summed E-state index contributed by atoms with van der Waals surface area (Å²) in [5.41, 5.74) is 10.7. The largest absolute Gasteiger partial charge is 0.134 e. The molecule has 0 nitrogen and oxygen atoms in total. The third-order valence-electron chi connectivity index (χ3n) is 11.4. The van der Waals surface area contributed by atoms with E-state index in [1.807, 2.05) is 11.3 Å². The van der Waals surface area contributed by atoms with E-state index in [-0.39, 0.29) is 5.41 Å². The van der Waals surface area contributed by atoms with Crippen LogP contribution in [0.2, 0.25) is 0 Å². The lowest BCUT2D eigenvalue weighted by Crippen LogP contribution is -2.15. The molecular formula is C49H32S. The minimum absolute atomic E-state index is 0.165. The van der Waals surface area contributed by atoms with E-state index in [0.717, 1.165) is 0 Å². The van der Waals surface area contributed by atoms with Gasteiger partial charge in [-0.15, -0.1) is 11.3 Å². The van der Waals surface area contributed by atoms with Gasteiger partial charge in [-0.2, -0.15) is 0 Å². The second-order valence-corrected chi connectivity index (χ2v) is 15.4. The van der Waals surface area contributed by atoms with Gasteiger partial charge in [-0.25, -0.2) is 0 Å².